The van der Waals surface area contributed by atoms with Crippen LogP contribution >= 0.6 is 0 Å². The molecule has 8 heteroatoms. The minimum Gasteiger partial charge on any atom is -0.391 e. The molecule has 1 aromatic rings. The molecule has 2 rings (SSSR count). The van der Waals surface area contributed by atoms with E-state index in [0.717, 1.165) is 31.7 Å². The summed E-state index contributed by atoms with van der Waals surface area (Å²) in [6.07, 6.45) is 3.55. The van der Waals surface area contributed by atoms with Crippen LogP contribution in [0, 0.1) is 26.1 Å². The fourth-order valence-corrected chi connectivity index (χ4v) is 2.66. The lowest BCUT2D eigenvalue weighted by Gasteiger charge is -2.18. The Morgan fingerprint density at radius 2 is 1.90 bits per heavy atom. The third-order valence-electron chi connectivity index (χ3n) is 3.83. The molecule has 1 atom stereocenters. The zero-order chi connectivity index (χ0) is 15.4. The maximum atomic E-state index is 11.0. The lowest BCUT2D eigenvalue weighted by atomic mass is 10.0. The van der Waals surface area contributed by atoms with E-state index in [1.807, 2.05) is 0 Å². The van der Waals surface area contributed by atoms with Gasteiger partial charge in [-0.15, -0.1) is 0 Å². The van der Waals surface area contributed by atoms with Crippen molar-refractivity contribution in [2.45, 2.75) is 31.8 Å². The van der Waals surface area contributed by atoms with Crippen LogP contribution in [0.15, 0.2) is 18.2 Å². The number of hydrogen-bond acceptors (Lipinski definition) is 6. The second-order valence-corrected chi connectivity index (χ2v) is 5.21. The van der Waals surface area contributed by atoms with E-state index >= 15 is 0 Å². The van der Waals surface area contributed by atoms with Gasteiger partial charge in [-0.05, 0) is 24.8 Å². The molecule has 0 radical (unpaired) electrons. The van der Waals surface area contributed by atoms with Gasteiger partial charge >= 0.3 is 0 Å². The summed E-state index contributed by atoms with van der Waals surface area (Å²) in [5.74, 6) is 0.217. The molecule has 1 saturated carbocycles. The van der Waals surface area contributed by atoms with Crippen molar-refractivity contribution in [2.24, 2.45) is 5.92 Å². The molecule has 0 spiro atoms. The molecule has 114 valence electrons. The van der Waals surface area contributed by atoms with Crippen molar-refractivity contribution in [2.75, 3.05) is 11.9 Å². The molecule has 0 aliphatic heterocycles. The first-order valence-electron chi connectivity index (χ1n) is 6.84. The standard InChI is InChI=1S/C13H17N3O5/c17-13(9-3-1-2-4-9)8-14-11-6-5-10(15(18)19)7-12(11)16(20)21/h5-7,9,13-14,17H,1-4,8H2. The summed E-state index contributed by atoms with van der Waals surface area (Å²) < 4.78 is 0. The monoisotopic (exact) mass is 295 g/mol. The minimum atomic E-state index is -0.676. The van der Waals surface area contributed by atoms with Crippen molar-refractivity contribution in [1.82, 2.24) is 0 Å². The molecule has 0 aromatic heterocycles. The van der Waals surface area contributed by atoms with Gasteiger partial charge in [-0.2, -0.15) is 0 Å². The van der Waals surface area contributed by atoms with Crippen LogP contribution in [0.2, 0.25) is 0 Å². The number of rotatable bonds is 6. The fourth-order valence-electron chi connectivity index (χ4n) is 2.66. The van der Waals surface area contributed by atoms with E-state index in [-0.39, 0.29) is 29.5 Å². The number of hydrogen-bond donors (Lipinski definition) is 2. The van der Waals surface area contributed by atoms with Gasteiger partial charge in [0.25, 0.3) is 11.4 Å². The zero-order valence-corrected chi connectivity index (χ0v) is 11.4. The average molecular weight is 295 g/mol. The fraction of sp³-hybridized carbons (Fsp3) is 0.538. The highest BCUT2D eigenvalue weighted by molar-refractivity contribution is 5.65. The summed E-state index contributed by atoms with van der Waals surface area (Å²) in [7, 11) is 0. The molecule has 0 amide bonds. The quantitative estimate of drug-likeness (QED) is 0.614. The Hall–Kier alpha value is -2.22. The number of nitro benzene ring substituents is 2. The first kappa shape index (κ1) is 15.2. The van der Waals surface area contributed by atoms with E-state index in [4.69, 9.17) is 0 Å². The Balaban J connectivity index is 2.08. The number of benzene rings is 1. The van der Waals surface area contributed by atoms with Crippen LogP contribution in [0.3, 0.4) is 0 Å². The van der Waals surface area contributed by atoms with Gasteiger partial charge in [0.2, 0.25) is 0 Å². The summed E-state index contributed by atoms with van der Waals surface area (Å²) in [6, 6.07) is 3.43. The van der Waals surface area contributed by atoms with Crippen molar-refractivity contribution in [1.29, 1.82) is 0 Å². The van der Waals surface area contributed by atoms with E-state index < -0.39 is 16.0 Å². The third-order valence-corrected chi connectivity index (χ3v) is 3.83. The summed E-state index contributed by atoms with van der Waals surface area (Å²) >= 11 is 0. The molecule has 21 heavy (non-hydrogen) atoms. The number of nitrogens with one attached hydrogen (secondary N) is 1. The van der Waals surface area contributed by atoms with Crippen LogP contribution in [0.1, 0.15) is 25.7 Å². The van der Waals surface area contributed by atoms with Crippen molar-refractivity contribution in [3.63, 3.8) is 0 Å². The Bertz CT molecular complexity index is 543. The van der Waals surface area contributed by atoms with Crippen molar-refractivity contribution >= 4 is 17.1 Å². The highest BCUT2D eigenvalue weighted by Crippen LogP contribution is 2.31. The maximum absolute atomic E-state index is 11.0. The molecular formula is C13H17N3O5. The van der Waals surface area contributed by atoms with Crippen molar-refractivity contribution in [3.05, 3.63) is 38.4 Å². The summed E-state index contributed by atoms with van der Waals surface area (Å²) in [5.41, 5.74) is -0.505. The van der Waals surface area contributed by atoms with Gasteiger partial charge in [-0.3, -0.25) is 20.2 Å². The Morgan fingerprint density at radius 3 is 2.48 bits per heavy atom. The predicted octanol–water partition coefficient (Wildman–Crippen LogP) is 2.47. The first-order valence-corrected chi connectivity index (χ1v) is 6.84. The topological polar surface area (TPSA) is 119 Å². The van der Waals surface area contributed by atoms with E-state index in [2.05, 4.69) is 5.32 Å². The normalized spacial score (nSPS) is 16.6. The number of nitrogens with zero attached hydrogens (tertiary/aromatic N) is 2. The largest absolute Gasteiger partial charge is 0.391 e. The summed E-state index contributed by atoms with van der Waals surface area (Å²) in [4.78, 5) is 20.3. The van der Waals surface area contributed by atoms with Crippen LogP contribution in [0.4, 0.5) is 17.1 Å². The molecule has 0 heterocycles. The molecule has 0 bridgehead atoms. The lowest BCUT2D eigenvalue weighted by molar-refractivity contribution is -0.393. The highest BCUT2D eigenvalue weighted by Gasteiger charge is 2.24. The predicted molar refractivity (Wildman–Crippen MR) is 76.2 cm³/mol. The van der Waals surface area contributed by atoms with Gasteiger partial charge in [0, 0.05) is 12.6 Å². The molecular weight excluding hydrogens is 278 g/mol. The molecule has 1 aliphatic carbocycles. The van der Waals surface area contributed by atoms with Gasteiger partial charge in [-0.1, -0.05) is 12.8 Å². The number of nitro groups is 2. The van der Waals surface area contributed by atoms with Crippen molar-refractivity contribution in [3.8, 4) is 0 Å². The van der Waals surface area contributed by atoms with Crippen LogP contribution in [-0.4, -0.2) is 27.6 Å². The van der Waals surface area contributed by atoms with Gasteiger partial charge in [0.15, 0.2) is 0 Å². The van der Waals surface area contributed by atoms with Crippen LogP contribution in [-0.2, 0) is 0 Å². The van der Waals surface area contributed by atoms with Crippen LogP contribution in [0.25, 0.3) is 0 Å². The van der Waals surface area contributed by atoms with Crippen LogP contribution in [0.5, 0.6) is 0 Å². The maximum Gasteiger partial charge on any atom is 0.299 e. The Morgan fingerprint density at radius 1 is 1.24 bits per heavy atom. The number of non-ortho nitro benzene ring substituents is 1. The second kappa shape index (κ2) is 6.49. The zero-order valence-electron chi connectivity index (χ0n) is 11.4. The van der Waals surface area contributed by atoms with E-state index in [0.29, 0.717) is 0 Å². The second-order valence-electron chi connectivity index (χ2n) is 5.21. The van der Waals surface area contributed by atoms with E-state index in [9.17, 15) is 25.3 Å². The SMILES string of the molecule is O=[N+]([O-])c1ccc(NCC(O)C2CCCC2)c([N+](=O)[O-])c1. The van der Waals surface area contributed by atoms with Gasteiger partial charge < -0.3 is 10.4 Å². The molecule has 1 aliphatic rings. The summed E-state index contributed by atoms with van der Waals surface area (Å²) in [5, 5.41) is 34.5. The third kappa shape index (κ3) is 3.66. The highest BCUT2D eigenvalue weighted by atomic mass is 16.6. The van der Waals surface area contributed by atoms with Gasteiger partial charge in [0.05, 0.1) is 22.0 Å². The number of aliphatic hydroxyl groups is 1. The molecule has 1 unspecified atom stereocenters. The Kier molecular flexibility index (Phi) is 4.69. The van der Waals surface area contributed by atoms with Gasteiger partial charge in [0.1, 0.15) is 5.69 Å². The van der Waals surface area contributed by atoms with Crippen molar-refractivity contribution < 1.29 is 15.0 Å². The van der Waals surface area contributed by atoms with E-state index in [1.54, 1.807) is 0 Å². The van der Waals surface area contributed by atoms with E-state index in [1.165, 1.54) is 12.1 Å². The number of aliphatic hydroxyl groups excluding tert-OH is 1. The summed E-state index contributed by atoms with van der Waals surface area (Å²) in [6.45, 7) is 0.198. The molecule has 1 fully saturated rings. The molecule has 8 nitrogen and oxygen atoms in total. The molecule has 2 N–H and O–H groups in total. The first-order chi connectivity index (χ1) is 9.99. The Labute approximate surface area is 121 Å². The average Bonchev–Trinajstić information content (AvgIpc) is 2.98. The smallest absolute Gasteiger partial charge is 0.299 e. The molecule has 1 aromatic carbocycles. The van der Waals surface area contributed by atoms with Gasteiger partial charge in [-0.25, -0.2) is 0 Å². The minimum absolute atomic E-state index is 0.183. The molecule has 0 saturated heterocycles. The lowest BCUT2D eigenvalue weighted by Crippen LogP contribution is -2.26. The number of anilines is 1. The van der Waals surface area contributed by atoms with Crippen LogP contribution < -0.4 is 5.32 Å².